The highest BCUT2D eigenvalue weighted by Crippen LogP contribution is 2.36. The van der Waals surface area contributed by atoms with Gasteiger partial charge >= 0.3 is 0 Å². The number of likely N-dealkylation sites (tertiary alicyclic amines) is 1. The number of hydrogen-bond donors (Lipinski definition) is 1. The van der Waals surface area contributed by atoms with Crippen molar-refractivity contribution in [1.82, 2.24) is 20.0 Å². The largest absolute Gasteiger partial charge is 0.383 e. The van der Waals surface area contributed by atoms with Crippen LogP contribution in [-0.4, -0.2) is 67.2 Å². The van der Waals surface area contributed by atoms with Crippen molar-refractivity contribution >= 4 is 5.91 Å². The maximum absolute atomic E-state index is 12.1. The molecule has 24 heavy (non-hydrogen) atoms. The fourth-order valence-corrected chi connectivity index (χ4v) is 3.95. The Morgan fingerprint density at radius 3 is 3.08 bits per heavy atom. The zero-order valence-corrected chi connectivity index (χ0v) is 14.6. The molecule has 7 heteroatoms. The van der Waals surface area contributed by atoms with Crippen molar-refractivity contribution in [2.45, 2.75) is 13.0 Å². The molecule has 7 nitrogen and oxygen atoms in total. The lowest BCUT2D eigenvalue weighted by Gasteiger charge is -2.32. The Kier molecular flexibility index (Phi) is 5.86. The third-order valence-corrected chi connectivity index (χ3v) is 5.08. The first-order valence-corrected chi connectivity index (χ1v) is 8.69. The monoisotopic (exact) mass is 336 g/mol. The number of nitrogens with zero attached hydrogens (tertiary/aromatic N) is 3. The summed E-state index contributed by atoms with van der Waals surface area (Å²) < 4.78 is 12.6. The van der Waals surface area contributed by atoms with Crippen LogP contribution < -0.4 is 5.32 Å². The van der Waals surface area contributed by atoms with Crippen LogP contribution in [0.15, 0.2) is 12.4 Å². The molecule has 3 atom stereocenters. The van der Waals surface area contributed by atoms with E-state index in [1.807, 2.05) is 17.9 Å². The van der Waals surface area contributed by atoms with Crippen molar-refractivity contribution in [2.24, 2.45) is 24.8 Å². The van der Waals surface area contributed by atoms with Crippen LogP contribution in [0.25, 0.3) is 0 Å². The van der Waals surface area contributed by atoms with Crippen LogP contribution >= 0.6 is 0 Å². The smallest absolute Gasteiger partial charge is 0.220 e. The maximum atomic E-state index is 12.1. The van der Waals surface area contributed by atoms with Crippen molar-refractivity contribution in [2.75, 3.05) is 46.6 Å². The number of nitrogens with one attached hydrogen (secondary N) is 1. The van der Waals surface area contributed by atoms with Gasteiger partial charge in [0.15, 0.2) is 0 Å². The number of carbonyl (C=O) groups is 1. The SMILES string of the molecule is COCCNC(=O)C[C@@H]1COC[C@H]2CN(Cc3cnn(C)c3)C[C@@H]12. The number of carbonyl (C=O) groups excluding carboxylic acids is 1. The molecule has 2 aliphatic heterocycles. The van der Waals surface area contributed by atoms with Gasteiger partial charge in [-0.15, -0.1) is 0 Å². The quantitative estimate of drug-likeness (QED) is 0.724. The summed E-state index contributed by atoms with van der Waals surface area (Å²) in [6.07, 6.45) is 4.55. The standard InChI is InChI=1S/C17H28N4O3/c1-20-7-13(6-19-20)8-21-9-15-12-24-11-14(16(15)10-21)5-17(22)18-3-4-23-2/h6-7,14-16H,3-5,8-12H2,1-2H3,(H,18,22)/t14-,15-,16+/m1/s1. The minimum Gasteiger partial charge on any atom is -0.383 e. The molecule has 0 unspecified atom stereocenters. The minimum absolute atomic E-state index is 0.104. The second-order valence-corrected chi connectivity index (χ2v) is 6.98. The van der Waals surface area contributed by atoms with E-state index in [0.29, 0.717) is 43.9 Å². The molecule has 0 bridgehead atoms. The van der Waals surface area contributed by atoms with E-state index in [4.69, 9.17) is 9.47 Å². The van der Waals surface area contributed by atoms with Crippen LogP contribution in [0.3, 0.4) is 0 Å². The van der Waals surface area contributed by atoms with E-state index in [1.54, 1.807) is 7.11 Å². The van der Waals surface area contributed by atoms with Crippen molar-refractivity contribution in [1.29, 1.82) is 0 Å². The van der Waals surface area contributed by atoms with Crippen LogP contribution in [0.4, 0.5) is 0 Å². The fourth-order valence-electron chi connectivity index (χ4n) is 3.95. The lowest BCUT2D eigenvalue weighted by atomic mass is 9.81. The third kappa shape index (κ3) is 4.34. The van der Waals surface area contributed by atoms with Gasteiger partial charge in [0.1, 0.15) is 0 Å². The van der Waals surface area contributed by atoms with Crippen LogP contribution in [0.2, 0.25) is 0 Å². The summed E-state index contributed by atoms with van der Waals surface area (Å²) in [5.41, 5.74) is 1.24. The van der Waals surface area contributed by atoms with Crippen LogP contribution in [0, 0.1) is 17.8 Å². The highest BCUT2D eigenvalue weighted by Gasteiger charge is 2.41. The molecule has 1 N–H and O–H groups in total. The number of hydrogen-bond acceptors (Lipinski definition) is 5. The Bertz CT molecular complexity index is 548. The predicted molar refractivity (Wildman–Crippen MR) is 89.3 cm³/mol. The number of ether oxygens (including phenoxy) is 2. The highest BCUT2D eigenvalue weighted by atomic mass is 16.5. The Labute approximate surface area is 143 Å². The average Bonchev–Trinajstić information content (AvgIpc) is 3.14. The number of aromatic nitrogens is 2. The summed E-state index contributed by atoms with van der Waals surface area (Å²) in [5, 5.41) is 7.16. The molecule has 2 fully saturated rings. The zero-order valence-electron chi connectivity index (χ0n) is 14.6. The van der Waals surface area contributed by atoms with Gasteiger partial charge in [-0.1, -0.05) is 0 Å². The molecular formula is C17H28N4O3. The van der Waals surface area contributed by atoms with E-state index in [1.165, 1.54) is 5.56 Å². The van der Waals surface area contributed by atoms with E-state index in [9.17, 15) is 4.79 Å². The van der Waals surface area contributed by atoms with E-state index in [2.05, 4.69) is 21.5 Å². The predicted octanol–water partition coefficient (Wildman–Crippen LogP) is 0.267. The molecule has 3 heterocycles. The minimum atomic E-state index is 0.104. The number of aryl methyl sites for hydroxylation is 1. The molecule has 1 amide bonds. The van der Waals surface area contributed by atoms with Gasteiger partial charge in [0.05, 0.1) is 26.0 Å². The number of methoxy groups -OCH3 is 1. The molecule has 2 saturated heterocycles. The first kappa shape index (κ1) is 17.4. The molecule has 0 radical (unpaired) electrons. The topological polar surface area (TPSA) is 68.6 Å². The van der Waals surface area contributed by atoms with Gasteiger partial charge in [-0.3, -0.25) is 14.4 Å². The average molecular weight is 336 g/mol. The molecule has 2 aliphatic rings. The molecule has 0 aliphatic carbocycles. The van der Waals surface area contributed by atoms with Gasteiger partial charge in [-0.05, 0) is 17.8 Å². The molecule has 1 aromatic heterocycles. The van der Waals surface area contributed by atoms with Crippen molar-refractivity contribution in [3.05, 3.63) is 18.0 Å². The van der Waals surface area contributed by atoms with Gasteiger partial charge in [0, 0.05) is 58.5 Å². The molecular weight excluding hydrogens is 308 g/mol. The molecule has 134 valence electrons. The van der Waals surface area contributed by atoms with Crippen molar-refractivity contribution < 1.29 is 14.3 Å². The van der Waals surface area contributed by atoms with Gasteiger partial charge in [-0.2, -0.15) is 5.10 Å². The number of rotatable bonds is 7. The highest BCUT2D eigenvalue weighted by molar-refractivity contribution is 5.76. The lowest BCUT2D eigenvalue weighted by molar-refractivity contribution is -0.124. The van der Waals surface area contributed by atoms with E-state index in [-0.39, 0.29) is 5.91 Å². The Hall–Kier alpha value is -1.44. The second kappa shape index (κ2) is 8.09. The normalized spacial score (nSPS) is 27.2. The fraction of sp³-hybridized carbons (Fsp3) is 0.765. The van der Waals surface area contributed by atoms with E-state index >= 15 is 0 Å². The molecule has 0 saturated carbocycles. The Morgan fingerprint density at radius 1 is 1.46 bits per heavy atom. The van der Waals surface area contributed by atoms with Crippen LogP contribution in [0.1, 0.15) is 12.0 Å². The Morgan fingerprint density at radius 2 is 2.33 bits per heavy atom. The molecule has 3 rings (SSSR count). The van der Waals surface area contributed by atoms with Gasteiger partial charge in [-0.25, -0.2) is 0 Å². The summed E-state index contributed by atoms with van der Waals surface area (Å²) in [6, 6.07) is 0. The molecule has 1 aromatic rings. The summed E-state index contributed by atoms with van der Waals surface area (Å²) in [5.74, 6) is 1.49. The van der Waals surface area contributed by atoms with E-state index < -0.39 is 0 Å². The van der Waals surface area contributed by atoms with Gasteiger partial charge in [0.25, 0.3) is 0 Å². The Balaban J connectivity index is 1.52. The first-order valence-electron chi connectivity index (χ1n) is 8.69. The van der Waals surface area contributed by atoms with Crippen LogP contribution in [0.5, 0.6) is 0 Å². The van der Waals surface area contributed by atoms with Crippen LogP contribution in [-0.2, 0) is 27.9 Å². The second-order valence-electron chi connectivity index (χ2n) is 6.98. The summed E-state index contributed by atoms with van der Waals surface area (Å²) >= 11 is 0. The van der Waals surface area contributed by atoms with Crippen molar-refractivity contribution in [3.8, 4) is 0 Å². The molecule has 0 aromatic carbocycles. The summed E-state index contributed by atoms with van der Waals surface area (Å²) in [4.78, 5) is 14.6. The number of fused-ring (bicyclic) bond motifs is 1. The third-order valence-electron chi connectivity index (χ3n) is 5.08. The summed E-state index contributed by atoms with van der Waals surface area (Å²) in [6.45, 7) is 5.64. The van der Waals surface area contributed by atoms with E-state index in [0.717, 1.165) is 26.2 Å². The maximum Gasteiger partial charge on any atom is 0.220 e. The summed E-state index contributed by atoms with van der Waals surface area (Å²) in [7, 11) is 3.58. The first-order chi connectivity index (χ1) is 11.7. The van der Waals surface area contributed by atoms with Crippen molar-refractivity contribution in [3.63, 3.8) is 0 Å². The zero-order chi connectivity index (χ0) is 16.9. The van der Waals surface area contributed by atoms with Gasteiger partial charge < -0.3 is 14.8 Å². The number of amides is 1. The lowest BCUT2D eigenvalue weighted by Crippen LogP contribution is -2.38. The molecule has 0 spiro atoms. The van der Waals surface area contributed by atoms with Gasteiger partial charge in [0.2, 0.25) is 5.91 Å².